The van der Waals surface area contributed by atoms with Gasteiger partial charge < -0.3 is 109 Å². The van der Waals surface area contributed by atoms with Crippen molar-refractivity contribution in [3.63, 3.8) is 0 Å². The molecule has 5 aliphatic rings. The molecule has 0 bridgehead atoms. The molecular weight excluding hydrogens is 959 g/mol. The third-order valence-corrected chi connectivity index (χ3v) is 14.5. The summed E-state index contributed by atoms with van der Waals surface area (Å²) >= 11 is 6.83. The van der Waals surface area contributed by atoms with Crippen LogP contribution in [0.4, 0.5) is 0 Å². The summed E-state index contributed by atoms with van der Waals surface area (Å²) < 4.78 is 36.4. The van der Waals surface area contributed by atoms with Crippen molar-refractivity contribution in [2.75, 3.05) is 44.2 Å². The Morgan fingerprint density at radius 1 is 0.629 bits per heavy atom. The number of thiocarbonyl (C=S) groups is 1. The van der Waals surface area contributed by atoms with E-state index in [1.807, 2.05) is 0 Å². The van der Waals surface area contributed by atoms with Crippen molar-refractivity contribution in [3.8, 4) is 0 Å². The molecule has 0 spiro atoms. The maximum Gasteiger partial charge on any atom is 0.251 e. The van der Waals surface area contributed by atoms with Gasteiger partial charge in [-0.3, -0.25) is 14.4 Å². The summed E-state index contributed by atoms with van der Waals surface area (Å²) in [5.74, 6) is -0.315. The minimum atomic E-state index is -1.58. The van der Waals surface area contributed by atoms with Gasteiger partial charge in [0.1, 0.15) is 61.0 Å². The number of hydrogen-bond donors (Lipinski definition) is 15. The van der Waals surface area contributed by atoms with Crippen LogP contribution in [-0.2, 0) is 28.4 Å². The topological polar surface area (TPSA) is 420 Å². The maximum absolute atomic E-state index is 13.1. The fourth-order valence-corrected chi connectivity index (χ4v) is 10.2. The molecule has 2 aromatic rings. The zero-order chi connectivity index (χ0) is 50.6. The van der Waals surface area contributed by atoms with Crippen LogP contribution in [0.15, 0.2) is 42.5 Å². The number of nitrogens with two attached hydrogens (primary N) is 6. The average molecular weight is 1020 g/mol. The molecule has 26 heteroatoms. The number of carbonyl (C=O) groups is 3. The molecule has 2 aromatic carbocycles. The molecule has 24 nitrogen and oxygen atoms in total. The number of nitrogens with one attached hydrogen (secondary N) is 3. The van der Waals surface area contributed by atoms with E-state index < -0.39 is 122 Å². The number of aliphatic hydroxyl groups excluding tert-OH is 6. The summed E-state index contributed by atoms with van der Waals surface area (Å²) in [5, 5.41) is 74.6. The summed E-state index contributed by atoms with van der Waals surface area (Å²) in [5.41, 5.74) is 38.0. The van der Waals surface area contributed by atoms with Crippen LogP contribution in [0.1, 0.15) is 55.0 Å². The highest BCUT2D eigenvalue weighted by Crippen LogP contribution is 2.36. The number of aliphatic hydroxyl groups is 6. The summed E-state index contributed by atoms with van der Waals surface area (Å²) in [6.07, 6.45) is -19.2. The van der Waals surface area contributed by atoms with Crippen molar-refractivity contribution in [2.24, 2.45) is 34.4 Å². The monoisotopic (exact) mass is 1020 g/mol. The third kappa shape index (κ3) is 11.8. The van der Waals surface area contributed by atoms with Crippen LogP contribution in [-0.4, -0.2) is 214 Å². The van der Waals surface area contributed by atoms with Crippen LogP contribution < -0.4 is 50.4 Å². The van der Waals surface area contributed by atoms with Gasteiger partial charge in [0.25, 0.3) is 5.91 Å². The summed E-state index contributed by atoms with van der Waals surface area (Å²) in [4.78, 5) is 39.0. The highest BCUT2D eigenvalue weighted by atomic mass is 32.2. The number of ether oxygens (including phenoxy) is 6. The standard InChI is InChI=1S/C44H65N9O15S2/c45-14-24-32(57)34(59)27(49)41(63-24)66-37-23(48)13-22(47)31(56)39(37)68-43-36(61)38(67-42-28(50)35(60)33(58)25(15-46)64-42)26(65-43)16-70-11-10-53-44(69)52-9-3-8-51-40(62)17-6-7-20-21(12-17)30(55)19-5-2-1-4-18(19)29(20)54/h1-2,4-7,12,22-28,31-39,41-43,56-61H,3,8-11,13-16,45-50H2,(H,51,62)(H2,52,53,69)/t22-,23+,24-,25+,26-,27-,28-,31+,32-,33-,34-,35-,36-,37-,38-,39-,41-,42-,43+/m1/s1. The van der Waals surface area contributed by atoms with Gasteiger partial charge in [0.05, 0.1) is 24.3 Å². The lowest BCUT2D eigenvalue weighted by molar-refractivity contribution is -0.306. The van der Waals surface area contributed by atoms with Gasteiger partial charge >= 0.3 is 0 Å². The zero-order valence-electron chi connectivity index (χ0n) is 38.0. The Balaban J connectivity index is 0.908. The van der Waals surface area contributed by atoms with Crippen molar-refractivity contribution in [3.05, 3.63) is 70.3 Å². The Hall–Kier alpha value is -3.43. The molecule has 3 saturated heterocycles. The number of rotatable bonds is 18. The lowest BCUT2D eigenvalue weighted by Crippen LogP contribution is -2.68. The van der Waals surface area contributed by atoms with Gasteiger partial charge in [-0.25, -0.2) is 0 Å². The Morgan fingerprint density at radius 2 is 1.16 bits per heavy atom. The molecule has 4 fully saturated rings. The lowest BCUT2D eigenvalue weighted by atomic mass is 9.83. The minimum absolute atomic E-state index is 0.0693. The van der Waals surface area contributed by atoms with Crippen LogP contribution in [0.2, 0.25) is 0 Å². The van der Waals surface area contributed by atoms with Gasteiger partial charge in [-0.15, -0.1) is 0 Å². The molecule has 19 atom stereocenters. The van der Waals surface area contributed by atoms with Crippen molar-refractivity contribution in [2.45, 2.75) is 129 Å². The van der Waals surface area contributed by atoms with Crippen molar-refractivity contribution in [1.29, 1.82) is 0 Å². The van der Waals surface area contributed by atoms with Crippen molar-refractivity contribution in [1.82, 2.24) is 16.0 Å². The van der Waals surface area contributed by atoms with E-state index in [4.69, 9.17) is 75.0 Å². The fourth-order valence-electron chi connectivity index (χ4n) is 9.06. The first-order chi connectivity index (χ1) is 33.4. The van der Waals surface area contributed by atoms with E-state index in [0.29, 0.717) is 48.0 Å². The zero-order valence-corrected chi connectivity index (χ0v) is 39.6. The number of benzene rings is 2. The van der Waals surface area contributed by atoms with Crippen molar-refractivity contribution >= 4 is 46.6 Å². The second kappa shape index (κ2) is 24.1. The van der Waals surface area contributed by atoms with Gasteiger partial charge in [-0.2, -0.15) is 11.8 Å². The van der Waals surface area contributed by atoms with Crippen LogP contribution in [0.25, 0.3) is 0 Å². The van der Waals surface area contributed by atoms with E-state index in [0.717, 1.165) is 0 Å². The van der Waals surface area contributed by atoms with E-state index in [9.17, 15) is 45.0 Å². The van der Waals surface area contributed by atoms with Gasteiger partial charge in [0.2, 0.25) is 0 Å². The number of carbonyl (C=O) groups excluding carboxylic acids is 3. The van der Waals surface area contributed by atoms with Gasteiger partial charge in [0, 0.05) is 84.1 Å². The molecule has 0 radical (unpaired) electrons. The third-order valence-electron chi connectivity index (χ3n) is 13.1. The SMILES string of the molecule is NC[C@@H]1O[C@H](O[C@H]2[C@@H](O)[C@H](O[C@@H]3[C@@H](O)[C@H](N)C[C@H](N)[C@H]3O[C@H]3O[C@H](CN)[C@@H](O)[C@H](O)[C@H]3N)O[C@@H]2CSCCNC(=S)NCCCNC(=O)c2ccc3c(c2)C(=O)c2ccccc2C3=O)[C@H](N)[C@@H](O)[C@@H]1O. The molecule has 388 valence electrons. The number of fused-ring (bicyclic) bond motifs is 2. The van der Waals surface area contributed by atoms with E-state index >= 15 is 0 Å². The Kier molecular flexibility index (Phi) is 18.7. The molecule has 7 rings (SSSR count). The minimum Gasteiger partial charge on any atom is -0.389 e. The molecular formula is C44H65N9O15S2. The van der Waals surface area contributed by atoms with Crippen LogP contribution >= 0.6 is 24.0 Å². The van der Waals surface area contributed by atoms with Crippen LogP contribution in [0.5, 0.6) is 0 Å². The molecule has 70 heavy (non-hydrogen) atoms. The largest absolute Gasteiger partial charge is 0.389 e. The quantitative estimate of drug-likeness (QED) is 0.0416. The number of hydrogen-bond acceptors (Lipinski definition) is 23. The Labute approximate surface area is 412 Å². The summed E-state index contributed by atoms with van der Waals surface area (Å²) in [6.45, 7) is 0.743. The van der Waals surface area contributed by atoms with E-state index in [2.05, 4.69) is 16.0 Å². The molecule has 3 aliphatic heterocycles. The number of thioether (sulfide) groups is 1. The molecule has 21 N–H and O–H groups in total. The Morgan fingerprint density at radius 3 is 1.77 bits per heavy atom. The smallest absolute Gasteiger partial charge is 0.251 e. The van der Waals surface area contributed by atoms with Gasteiger partial charge in [0.15, 0.2) is 35.5 Å². The molecule has 2 aliphatic carbocycles. The molecule has 0 aromatic heterocycles. The second-order valence-corrected chi connectivity index (χ2v) is 19.5. The predicted octanol–water partition coefficient (Wildman–Crippen LogP) is -6.09. The van der Waals surface area contributed by atoms with E-state index in [-0.39, 0.29) is 53.5 Å². The average Bonchev–Trinajstić information content (AvgIpc) is 3.64. The normalized spacial score (nSPS) is 37.3. The van der Waals surface area contributed by atoms with Gasteiger partial charge in [-0.05, 0) is 43.3 Å². The Bertz CT molecular complexity index is 2150. The molecule has 1 saturated carbocycles. The second-order valence-electron chi connectivity index (χ2n) is 17.9. The molecule has 1 amide bonds. The first kappa shape index (κ1) is 54.3. The van der Waals surface area contributed by atoms with Gasteiger partial charge in [-0.1, -0.05) is 24.3 Å². The van der Waals surface area contributed by atoms with Crippen molar-refractivity contribution < 1.29 is 73.4 Å². The molecule has 0 unspecified atom stereocenters. The fraction of sp³-hybridized carbons (Fsp3) is 0.636. The van der Waals surface area contributed by atoms with E-state index in [1.165, 1.54) is 30.0 Å². The molecule has 3 heterocycles. The number of amides is 1. The highest BCUT2D eigenvalue weighted by molar-refractivity contribution is 7.99. The predicted molar refractivity (Wildman–Crippen MR) is 254 cm³/mol. The highest BCUT2D eigenvalue weighted by Gasteiger charge is 2.54. The summed E-state index contributed by atoms with van der Waals surface area (Å²) in [7, 11) is 0. The lowest BCUT2D eigenvalue weighted by Gasteiger charge is -2.47. The number of ketones is 2. The first-order valence-electron chi connectivity index (χ1n) is 23.1. The van der Waals surface area contributed by atoms with Crippen LogP contribution in [0, 0.1) is 0 Å². The first-order valence-corrected chi connectivity index (χ1v) is 24.7. The van der Waals surface area contributed by atoms with E-state index in [1.54, 1.807) is 24.3 Å². The summed E-state index contributed by atoms with van der Waals surface area (Å²) in [6, 6.07) is 6.74. The van der Waals surface area contributed by atoms with Crippen LogP contribution in [0.3, 0.4) is 0 Å². The maximum atomic E-state index is 13.1.